The van der Waals surface area contributed by atoms with Crippen molar-refractivity contribution < 1.29 is 4.79 Å². The molecular weight excluding hydrogens is 306 g/mol. The lowest BCUT2D eigenvalue weighted by atomic mass is 10.0. The Labute approximate surface area is 144 Å². The Morgan fingerprint density at radius 3 is 2.57 bits per heavy atom. The smallest absolute Gasteiger partial charge is 0.225 e. The van der Waals surface area contributed by atoms with Gasteiger partial charge in [-0.15, -0.1) is 0 Å². The van der Waals surface area contributed by atoms with Gasteiger partial charge in [0, 0.05) is 36.6 Å². The van der Waals surface area contributed by atoms with E-state index in [2.05, 4.69) is 48.3 Å². The molecule has 0 atom stereocenters. The molecule has 23 heavy (non-hydrogen) atoms. The van der Waals surface area contributed by atoms with E-state index in [1.165, 1.54) is 31.6 Å². The molecule has 2 rings (SSSR count). The lowest BCUT2D eigenvalue weighted by Gasteiger charge is -2.36. The van der Waals surface area contributed by atoms with Crippen LogP contribution >= 0.6 is 11.8 Å². The van der Waals surface area contributed by atoms with Gasteiger partial charge in [-0.1, -0.05) is 6.92 Å². The Kier molecular flexibility index (Phi) is 7.24. The Morgan fingerprint density at radius 2 is 1.96 bits per heavy atom. The number of amides is 1. The van der Waals surface area contributed by atoms with E-state index in [-0.39, 0.29) is 5.91 Å². The van der Waals surface area contributed by atoms with E-state index in [1.807, 2.05) is 12.1 Å². The molecule has 0 saturated carbocycles. The lowest BCUT2D eigenvalue weighted by molar-refractivity contribution is -0.115. The van der Waals surface area contributed by atoms with E-state index in [0.29, 0.717) is 12.5 Å². The first-order chi connectivity index (χ1) is 11.1. The van der Waals surface area contributed by atoms with Crippen LogP contribution in [0.3, 0.4) is 0 Å². The van der Waals surface area contributed by atoms with Gasteiger partial charge in [-0.05, 0) is 63.0 Å². The summed E-state index contributed by atoms with van der Waals surface area (Å²) in [6, 6.07) is 8.83. The second kappa shape index (κ2) is 9.18. The Balaban J connectivity index is 1.85. The van der Waals surface area contributed by atoms with E-state index >= 15 is 0 Å². The number of benzene rings is 1. The summed E-state index contributed by atoms with van der Waals surface area (Å²) in [6.45, 7) is 4.44. The monoisotopic (exact) mass is 335 g/mol. The Morgan fingerprint density at radius 1 is 1.30 bits per heavy atom. The van der Waals surface area contributed by atoms with Crippen molar-refractivity contribution in [3.8, 4) is 0 Å². The van der Waals surface area contributed by atoms with Crippen LogP contribution in [0.15, 0.2) is 24.3 Å². The van der Waals surface area contributed by atoms with Crippen LogP contribution in [0.25, 0.3) is 0 Å². The Hall–Kier alpha value is -1.20. The van der Waals surface area contributed by atoms with Crippen LogP contribution < -0.4 is 10.2 Å². The van der Waals surface area contributed by atoms with Crippen LogP contribution in [0, 0.1) is 0 Å². The molecule has 0 bridgehead atoms. The van der Waals surface area contributed by atoms with E-state index in [0.717, 1.165) is 17.2 Å². The highest BCUT2D eigenvalue weighted by atomic mass is 32.2. The van der Waals surface area contributed by atoms with Crippen molar-refractivity contribution in [2.24, 2.45) is 0 Å². The molecule has 0 aromatic heterocycles. The summed E-state index contributed by atoms with van der Waals surface area (Å²) in [4.78, 5) is 16.6. The van der Waals surface area contributed by atoms with Gasteiger partial charge in [0.05, 0.1) is 0 Å². The molecule has 1 saturated heterocycles. The van der Waals surface area contributed by atoms with E-state index in [4.69, 9.17) is 0 Å². The first-order valence-corrected chi connectivity index (χ1v) is 9.64. The number of carbonyl (C=O) groups is 1. The minimum atomic E-state index is 0.0994. The molecule has 1 aliphatic rings. The highest BCUT2D eigenvalue weighted by Crippen LogP contribution is 2.23. The SMILES string of the molecule is CCSCCC(=O)Nc1ccc(N(C)C2CCN(C)CC2)cc1. The number of nitrogens with one attached hydrogen (secondary N) is 1. The number of hydrogen-bond acceptors (Lipinski definition) is 4. The van der Waals surface area contributed by atoms with E-state index in [1.54, 1.807) is 11.8 Å². The van der Waals surface area contributed by atoms with Gasteiger partial charge in [-0.2, -0.15) is 11.8 Å². The molecule has 1 amide bonds. The van der Waals surface area contributed by atoms with Gasteiger partial charge in [0.15, 0.2) is 0 Å². The molecule has 128 valence electrons. The molecule has 5 heteroatoms. The number of rotatable bonds is 7. The molecule has 0 spiro atoms. The zero-order valence-electron chi connectivity index (χ0n) is 14.5. The maximum atomic E-state index is 11.8. The predicted molar refractivity (Wildman–Crippen MR) is 102 cm³/mol. The maximum absolute atomic E-state index is 11.8. The summed E-state index contributed by atoms with van der Waals surface area (Å²) in [5.74, 6) is 2.05. The van der Waals surface area contributed by atoms with Crippen molar-refractivity contribution in [1.29, 1.82) is 0 Å². The Bertz CT molecular complexity index is 484. The van der Waals surface area contributed by atoms with Crippen LogP contribution in [0.1, 0.15) is 26.2 Å². The van der Waals surface area contributed by atoms with Gasteiger partial charge >= 0.3 is 0 Å². The van der Waals surface area contributed by atoms with Gasteiger partial charge in [0.25, 0.3) is 0 Å². The fourth-order valence-electron chi connectivity index (χ4n) is 2.91. The fourth-order valence-corrected chi connectivity index (χ4v) is 3.52. The number of piperidine rings is 1. The molecule has 1 heterocycles. The number of likely N-dealkylation sites (tertiary alicyclic amines) is 1. The van der Waals surface area contributed by atoms with Crippen molar-refractivity contribution in [1.82, 2.24) is 4.90 Å². The molecule has 1 aromatic carbocycles. The standard InChI is InChI=1S/C18H29N3OS/c1-4-23-14-11-18(22)19-15-5-7-16(8-6-15)21(3)17-9-12-20(2)13-10-17/h5-8,17H,4,9-14H2,1-3H3,(H,19,22). The van der Waals surface area contributed by atoms with Crippen LogP contribution in [-0.4, -0.2) is 55.5 Å². The summed E-state index contributed by atoms with van der Waals surface area (Å²) < 4.78 is 0. The summed E-state index contributed by atoms with van der Waals surface area (Å²) >= 11 is 1.80. The normalized spacial score (nSPS) is 16.3. The number of carbonyl (C=O) groups excluding carboxylic acids is 1. The van der Waals surface area contributed by atoms with Crippen molar-refractivity contribution in [2.45, 2.75) is 32.2 Å². The average Bonchev–Trinajstić information content (AvgIpc) is 2.56. The van der Waals surface area contributed by atoms with E-state index in [9.17, 15) is 4.79 Å². The molecule has 1 N–H and O–H groups in total. The maximum Gasteiger partial charge on any atom is 0.225 e. The van der Waals surface area contributed by atoms with Crippen LogP contribution in [0.4, 0.5) is 11.4 Å². The third-order valence-electron chi connectivity index (χ3n) is 4.47. The summed E-state index contributed by atoms with van der Waals surface area (Å²) in [6.07, 6.45) is 3.00. The number of hydrogen-bond donors (Lipinski definition) is 1. The molecule has 4 nitrogen and oxygen atoms in total. The molecule has 1 aliphatic heterocycles. The predicted octanol–water partition coefficient (Wildman–Crippen LogP) is 3.30. The number of nitrogens with zero attached hydrogens (tertiary/aromatic N) is 2. The third-order valence-corrected chi connectivity index (χ3v) is 5.37. The van der Waals surface area contributed by atoms with Crippen LogP contribution in [0.2, 0.25) is 0 Å². The molecule has 0 unspecified atom stereocenters. The van der Waals surface area contributed by atoms with Crippen LogP contribution in [-0.2, 0) is 4.79 Å². The topological polar surface area (TPSA) is 35.6 Å². The number of anilines is 2. The summed E-state index contributed by atoms with van der Waals surface area (Å²) in [7, 11) is 4.36. The highest BCUT2D eigenvalue weighted by Gasteiger charge is 2.20. The minimum Gasteiger partial charge on any atom is -0.372 e. The van der Waals surface area contributed by atoms with E-state index < -0.39 is 0 Å². The second-order valence-corrected chi connectivity index (χ2v) is 7.58. The second-order valence-electron chi connectivity index (χ2n) is 6.19. The molecule has 0 radical (unpaired) electrons. The van der Waals surface area contributed by atoms with Crippen molar-refractivity contribution in [3.63, 3.8) is 0 Å². The van der Waals surface area contributed by atoms with Gasteiger partial charge < -0.3 is 15.1 Å². The summed E-state index contributed by atoms with van der Waals surface area (Å²) in [5.41, 5.74) is 2.11. The zero-order chi connectivity index (χ0) is 16.7. The lowest BCUT2D eigenvalue weighted by Crippen LogP contribution is -2.41. The van der Waals surface area contributed by atoms with Gasteiger partial charge in [-0.3, -0.25) is 4.79 Å². The van der Waals surface area contributed by atoms with Crippen molar-refractivity contribution >= 4 is 29.0 Å². The van der Waals surface area contributed by atoms with Gasteiger partial charge in [0.2, 0.25) is 5.91 Å². The van der Waals surface area contributed by atoms with Crippen molar-refractivity contribution in [2.75, 3.05) is 48.9 Å². The first-order valence-electron chi connectivity index (χ1n) is 8.49. The molecular formula is C18H29N3OS. The van der Waals surface area contributed by atoms with Gasteiger partial charge in [-0.25, -0.2) is 0 Å². The minimum absolute atomic E-state index is 0.0994. The third kappa shape index (κ3) is 5.74. The largest absolute Gasteiger partial charge is 0.372 e. The average molecular weight is 336 g/mol. The van der Waals surface area contributed by atoms with Gasteiger partial charge in [0.1, 0.15) is 0 Å². The fraction of sp³-hybridized carbons (Fsp3) is 0.611. The highest BCUT2D eigenvalue weighted by molar-refractivity contribution is 7.99. The summed E-state index contributed by atoms with van der Waals surface area (Å²) in [5, 5.41) is 2.97. The number of thioether (sulfide) groups is 1. The zero-order valence-corrected chi connectivity index (χ0v) is 15.4. The quantitative estimate of drug-likeness (QED) is 0.776. The molecule has 0 aliphatic carbocycles. The van der Waals surface area contributed by atoms with Crippen molar-refractivity contribution in [3.05, 3.63) is 24.3 Å². The van der Waals surface area contributed by atoms with Crippen LogP contribution in [0.5, 0.6) is 0 Å². The molecule has 1 fully saturated rings. The molecule has 1 aromatic rings. The first kappa shape index (κ1) is 18.1.